The molecule has 0 heterocycles. The molecule has 1 unspecified atom stereocenters. The van der Waals surface area contributed by atoms with Crippen molar-refractivity contribution >= 4 is 18.6 Å². The van der Waals surface area contributed by atoms with Gasteiger partial charge in [-0.15, -0.1) is 0 Å². The second-order valence-electron chi connectivity index (χ2n) is 3.87. The molecule has 8 heteroatoms. The Morgan fingerprint density at radius 2 is 1.60 bits per heavy atom. The zero-order valence-electron chi connectivity index (χ0n) is 11.6. The summed E-state index contributed by atoms with van der Waals surface area (Å²) in [6, 6.07) is 6.08. The maximum atomic E-state index is 12.2. The normalized spacial score (nSPS) is 12.8. The lowest BCUT2D eigenvalue weighted by atomic mass is 10.2. The van der Waals surface area contributed by atoms with Crippen LogP contribution in [0.4, 0.5) is 0 Å². The van der Waals surface area contributed by atoms with Crippen LogP contribution in [-0.2, 0) is 28.3 Å². The van der Waals surface area contributed by atoms with Crippen molar-refractivity contribution < 1.29 is 26.6 Å². The molecule has 1 atom stereocenters. The lowest BCUT2D eigenvalue weighted by molar-refractivity contribution is -0.275. The van der Waals surface area contributed by atoms with Gasteiger partial charge in [-0.05, 0) is 32.9 Å². The third-order valence-corrected chi connectivity index (χ3v) is 4.40. The summed E-state index contributed by atoms with van der Waals surface area (Å²) in [5.74, 6) is 0. The van der Waals surface area contributed by atoms with Crippen LogP contribution in [0.25, 0.3) is 0 Å². The van der Waals surface area contributed by atoms with Gasteiger partial charge in [-0.1, -0.05) is 22.3 Å². The topological polar surface area (TPSA) is 78.9 Å². The van der Waals surface area contributed by atoms with Crippen LogP contribution in [0.3, 0.4) is 0 Å². The lowest BCUT2D eigenvalue weighted by Crippen LogP contribution is -2.35. The van der Waals surface area contributed by atoms with E-state index in [1.807, 2.05) is 6.92 Å². The van der Waals surface area contributed by atoms with Crippen LogP contribution in [0.1, 0.15) is 19.4 Å². The number of ether oxygens (including phenoxy) is 2. The van der Waals surface area contributed by atoms with E-state index in [-0.39, 0.29) is 18.1 Å². The largest absolute Gasteiger partial charge is 0.510 e. The lowest BCUT2D eigenvalue weighted by Gasteiger charge is -2.19. The summed E-state index contributed by atoms with van der Waals surface area (Å²) >= 11 is 0. The zero-order valence-corrected chi connectivity index (χ0v) is 13.4. The number of benzene rings is 1. The molecule has 1 aromatic rings. The molecule has 0 aliphatic heterocycles. The molecule has 1 aromatic carbocycles. The maximum Gasteiger partial charge on any atom is 0.510 e. The first-order chi connectivity index (χ1) is 9.39. The zero-order chi connectivity index (χ0) is 15.2. The summed E-state index contributed by atoms with van der Waals surface area (Å²) in [6.45, 7) is 5.27. The monoisotopic (exact) mass is 321 g/mol. The van der Waals surface area contributed by atoms with Crippen LogP contribution in [0, 0.1) is 6.92 Å². The highest BCUT2D eigenvalue weighted by Gasteiger charge is 2.48. The molecular weight excluding hydrogens is 303 g/mol. The molecule has 0 aromatic heterocycles. The summed E-state index contributed by atoms with van der Waals surface area (Å²) in [5, 5.41) is 0. The minimum absolute atomic E-state index is 0.0508. The summed E-state index contributed by atoms with van der Waals surface area (Å²) in [7, 11) is -5.38. The molecule has 0 amide bonds. The van der Waals surface area contributed by atoms with Crippen molar-refractivity contribution in [3.8, 4) is 0 Å². The van der Waals surface area contributed by atoms with Crippen LogP contribution in [0.5, 0.6) is 0 Å². The second-order valence-corrected chi connectivity index (χ2v) is 6.24. The summed E-state index contributed by atoms with van der Waals surface area (Å²) in [4.78, 5) is -0.0508. The van der Waals surface area contributed by atoms with Crippen molar-refractivity contribution in [2.45, 2.75) is 31.4 Å². The minimum atomic E-state index is -4.13. The molecule has 0 spiro atoms. The highest BCUT2D eigenvalue weighted by Crippen LogP contribution is 2.32. The smallest absolute Gasteiger partial charge is 0.285 e. The minimum Gasteiger partial charge on any atom is -0.285 e. The highest BCUT2D eigenvalue weighted by molar-refractivity contribution is 7.87. The van der Waals surface area contributed by atoms with Gasteiger partial charge in [-0.25, -0.2) is 0 Å². The quantitative estimate of drug-likeness (QED) is 0.415. The predicted molar refractivity (Wildman–Crippen MR) is 74.4 cm³/mol. The SMILES string of the molecule is CCOC(OCC)(OS(=O)(=O)c1ccc(C)cc1)[PH+]=O. The molecular formula is C12H18O6PS+. The standard InChI is InChI=1S/C12H17O6PS/c1-4-16-12(19-13,17-5-2)18-20(14,15)11-8-6-10(3)7-9-11/h6-9H,4-5H2,1-3H3/p+1. The molecule has 0 saturated heterocycles. The number of rotatable bonds is 8. The fourth-order valence-corrected chi connectivity index (χ4v) is 3.27. The second kappa shape index (κ2) is 7.24. The van der Waals surface area contributed by atoms with Gasteiger partial charge in [0.25, 0.3) is 0 Å². The van der Waals surface area contributed by atoms with E-state index >= 15 is 0 Å². The molecule has 1 rings (SSSR count). The molecule has 0 saturated carbocycles. The van der Waals surface area contributed by atoms with Crippen molar-refractivity contribution in [3.63, 3.8) is 0 Å². The van der Waals surface area contributed by atoms with Crippen molar-refractivity contribution in [1.82, 2.24) is 0 Å². The summed E-state index contributed by atoms with van der Waals surface area (Å²) in [5.41, 5.74) is -1.18. The van der Waals surface area contributed by atoms with Gasteiger partial charge in [0, 0.05) is 0 Å². The molecule has 0 fully saturated rings. The summed E-state index contributed by atoms with van der Waals surface area (Å²) < 4.78 is 50.6. The highest BCUT2D eigenvalue weighted by atomic mass is 32.2. The predicted octanol–water partition coefficient (Wildman–Crippen LogP) is 2.41. The first-order valence-corrected chi connectivity index (χ1v) is 8.40. The molecule has 0 N–H and O–H groups in total. The first kappa shape index (κ1) is 17.2. The average molecular weight is 321 g/mol. The molecule has 6 nitrogen and oxygen atoms in total. The van der Waals surface area contributed by atoms with Crippen LogP contribution in [0.2, 0.25) is 0 Å². The number of hydrogen-bond donors (Lipinski definition) is 0. The Balaban J connectivity index is 3.07. The molecule has 20 heavy (non-hydrogen) atoms. The van der Waals surface area contributed by atoms with Gasteiger partial charge in [0.2, 0.25) is 0 Å². The molecule has 0 radical (unpaired) electrons. The average Bonchev–Trinajstić information content (AvgIpc) is 2.39. The number of hydrogen-bond acceptors (Lipinski definition) is 6. The van der Waals surface area contributed by atoms with E-state index in [1.54, 1.807) is 26.0 Å². The van der Waals surface area contributed by atoms with Gasteiger partial charge < -0.3 is 0 Å². The van der Waals surface area contributed by atoms with Crippen LogP contribution >= 0.6 is 8.46 Å². The Morgan fingerprint density at radius 3 is 2.00 bits per heavy atom. The van der Waals surface area contributed by atoms with E-state index in [9.17, 15) is 13.0 Å². The Hall–Kier alpha value is -0.850. The van der Waals surface area contributed by atoms with Crippen molar-refractivity contribution in [1.29, 1.82) is 0 Å². The Kier molecular flexibility index (Phi) is 6.23. The van der Waals surface area contributed by atoms with Gasteiger partial charge in [0.05, 0.1) is 18.1 Å². The Bertz CT molecular complexity index is 534. The molecule has 0 bridgehead atoms. The fraction of sp³-hybridized carbons (Fsp3) is 0.500. The molecule has 112 valence electrons. The maximum absolute atomic E-state index is 12.2. The molecule has 0 aliphatic rings. The van der Waals surface area contributed by atoms with Gasteiger partial charge in [-0.3, -0.25) is 9.47 Å². The van der Waals surface area contributed by atoms with E-state index in [1.165, 1.54) is 12.1 Å². The van der Waals surface area contributed by atoms with Crippen molar-refractivity contribution in [2.75, 3.05) is 13.2 Å². The molecule has 0 aliphatic carbocycles. The third-order valence-electron chi connectivity index (χ3n) is 2.32. The van der Waals surface area contributed by atoms with Gasteiger partial charge in [0.1, 0.15) is 0 Å². The van der Waals surface area contributed by atoms with Crippen molar-refractivity contribution in [2.24, 2.45) is 0 Å². The van der Waals surface area contributed by atoms with Gasteiger partial charge >= 0.3 is 24.3 Å². The number of aryl methyl sites for hydroxylation is 1. The van der Waals surface area contributed by atoms with Gasteiger partial charge in [-0.2, -0.15) is 12.6 Å². The van der Waals surface area contributed by atoms with E-state index in [2.05, 4.69) is 0 Å². The summed E-state index contributed by atoms with van der Waals surface area (Å²) in [6.07, 6.45) is 0. The van der Waals surface area contributed by atoms with E-state index < -0.39 is 24.3 Å². The van der Waals surface area contributed by atoms with Crippen molar-refractivity contribution in [3.05, 3.63) is 29.8 Å². The van der Waals surface area contributed by atoms with Gasteiger partial charge in [0.15, 0.2) is 0 Å². The van der Waals surface area contributed by atoms with E-state index in [0.29, 0.717) is 0 Å². The Labute approximate surface area is 120 Å². The Morgan fingerprint density at radius 1 is 1.10 bits per heavy atom. The van der Waals surface area contributed by atoms with Crippen LogP contribution in [0.15, 0.2) is 29.2 Å². The fourth-order valence-electron chi connectivity index (χ4n) is 1.44. The third kappa shape index (κ3) is 4.33. The van der Waals surface area contributed by atoms with E-state index in [4.69, 9.17) is 13.7 Å². The first-order valence-electron chi connectivity index (χ1n) is 6.08. The van der Waals surface area contributed by atoms with Crippen LogP contribution < -0.4 is 0 Å². The van der Waals surface area contributed by atoms with E-state index in [0.717, 1.165) is 5.56 Å². The van der Waals surface area contributed by atoms with Crippen LogP contribution in [-0.4, -0.2) is 27.3 Å².